The van der Waals surface area contributed by atoms with Gasteiger partial charge in [-0.1, -0.05) is 45.2 Å². The molecule has 1 radical (unpaired) electrons. The second-order valence-electron chi connectivity index (χ2n) is 4.45. The third-order valence-corrected chi connectivity index (χ3v) is 2.89. The van der Waals surface area contributed by atoms with Crippen molar-refractivity contribution in [3.63, 3.8) is 0 Å². The van der Waals surface area contributed by atoms with Crippen molar-refractivity contribution in [2.24, 2.45) is 0 Å². The molecule has 0 heterocycles. The van der Waals surface area contributed by atoms with Crippen LogP contribution in [0.3, 0.4) is 0 Å². The minimum Gasteiger partial charge on any atom is -0.490 e. The molecule has 0 saturated heterocycles. The molecule has 1 aromatic rings. The molecule has 3 nitrogen and oxygen atoms in total. The van der Waals surface area contributed by atoms with E-state index in [1.54, 1.807) is 18.2 Å². The maximum absolute atomic E-state index is 11.0. The SMILES string of the molecule is CCCCC(CCC)Oc1ccccc1C([O])=O. The van der Waals surface area contributed by atoms with E-state index in [9.17, 15) is 9.90 Å². The fourth-order valence-corrected chi connectivity index (χ4v) is 1.93. The van der Waals surface area contributed by atoms with Crippen molar-refractivity contribution >= 4 is 5.97 Å². The number of carbonyl (C=O) groups excluding carboxylic acids is 1. The Morgan fingerprint density at radius 2 is 1.89 bits per heavy atom. The van der Waals surface area contributed by atoms with Gasteiger partial charge in [-0.05, 0) is 25.0 Å². The smallest absolute Gasteiger partial charge is 0.390 e. The van der Waals surface area contributed by atoms with Gasteiger partial charge < -0.3 is 4.74 Å². The van der Waals surface area contributed by atoms with Crippen LogP contribution in [0.4, 0.5) is 0 Å². The molecule has 0 aliphatic heterocycles. The van der Waals surface area contributed by atoms with Crippen molar-refractivity contribution in [3.8, 4) is 5.75 Å². The van der Waals surface area contributed by atoms with Crippen LogP contribution in [0, 0.1) is 0 Å². The Morgan fingerprint density at radius 3 is 2.50 bits per heavy atom. The van der Waals surface area contributed by atoms with Gasteiger partial charge in [0.15, 0.2) is 0 Å². The lowest BCUT2D eigenvalue weighted by Crippen LogP contribution is -2.17. The maximum Gasteiger partial charge on any atom is 0.390 e. The number of hydrogen-bond donors (Lipinski definition) is 0. The fourth-order valence-electron chi connectivity index (χ4n) is 1.93. The number of ether oxygens (including phenoxy) is 1. The molecule has 3 heteroatoms. The summed E-state index contributed by atoms with van der Waals surface area (Å²) in [6.07, 6.45) is 5.24. The van der Waals surface area contributed by atoms with Crippen LogP contribution in [0.1, 0.15) is 56.3 Å². The predicted molar refractivity (Wildman–Crippen MR) is 70.3 cm³/mol. The molecule has 0 amide bonds. The summed E-state index contributed by atoms with van der Waals surface area (Å²) in [5.74, 6) is -0.761. The lowest BCUT2D eigenvalue weighted by molar-refractivity contribution is 0.0564. The second kappa shape index (κ2) is 7.75. The average Bonchev–Trinajstić information content (AvgIpc) is 2.36. The maximum atomic E-state index is 11.0. The molecule has 1 aromatic carbocycles. The highest BCUT2D eigenvalue weighted by atomic mass is 16.5. The fraction of sp³-hybridized carbons (Fsp3) is 0.533. The quantitative estimate of drug-likeness (QED) is 0.699. The van der Waals surface area contributed by atoms with E-state index in [1.807, 2.05) is 0 Å². The average molecular weight is 249 g/mol. The Balaban J connectivity index is 2.76. The van der Waals surface area contributed by atoms with E-state index < -0.39 is 5.97 Å². The highest BCUT2D eigenvalue weighted by Gasteiger charge is 2.16. The second-order valence-corrected chi connectivity index (χ2v) is 4.45. The Kier molecular flexibility index (Phi) is 6.26. The third-order valence-electron chi connectivity index (χ3n) is 2.89. The van der Waals surface area contributed by atoms with Crippen molar-refractivity contribution < 1.29 is 14.6 Å². The van der Waals surface area contributed by atoms with E-state index in [0.717, 1.165) is 32.1 Å². The largest absolute Gasteiger partial charge is 0.490 e. The first-order valence-electron chi connectivity index (χ1n) is 6.66. The Bertz CT molecular complexity index is 374. The van der Waals surface area contributed by atoms with E-state index >= 15 is 0 Å². The molecule has 1 unspecified atom stereocenters. The Hall–Kier alpha value is -1.51. The van der Waals surface area contributed by atoms with E-state index in [2.05, 4.69) is 13.8 Å². The molecule has 0 aliphatic carbocycles. The van der Waals surface area contributed by atoms with E-state index in [-0.39, 0.29) is 11.7 Å². The van der Waals surface area contributed by atoms with Gasteiger partial charge >= 0.3 is 5.97 Å². The molecule has 0 N–H and O–H groups in total. The molecule has 0 fully saturated rings. The summed E-state index contributed by atoms with van der Waals surface area (Å²) in [6, 6.07) is 6.68. The molecular weight excluding hydrogens is 228 g/mol. The number of benzene rings is 1. The number of carbonyl (C=O) groups is 1. The third kappa shape index (κ3) is 4.40. The minimum atomic E-state index is -1.18. The minimum absolute atomic E-state index is 0.0930. The van der Waals surface area contributed by atoms with Gasteiger partial charge in [-0.25, -0.2) is 9.90 Å². The van der Waals surface area contributed by atoms with Gasteiger partial charge in [0, 0.05) is 0 Å². The van der Waals surface area contributed by atoms with Crippen LogP contribution in [0.5, 0.6) is 5.75 Å². The Morgan fingerprint density at radius 1 is 1.17 bits per heavy atom. The molecular formula is C15H21O3. The molecule has 1 atom stereocenters. The molecule has 99 valence electrons. The van der Waals surface area contributed by atoms with Gasteiger partial charge in [-0.2, -0.15) is 0 Å². The first-order valence-corrected chi connectivity index (χ1v) is 6.66. The van der Waals surface area contributed by atoms with Gasteiger partial charge in [0.1, 0.15) is 11.3 Å². The summed E-state index contributed by atoms with van der Waals surface area (Å²) in [4.78, 5) is 11.0. The van der Waals surface area contributed by atoms with Crippen LogP contribution in [0.2, 0.25) is 0 Å². The van der Waals surface area contributed by atoms with E-state index in [4.69, 9.17) is 4.74 Å². The van der Waals surface area contributed by atoms with Crippen molar-refractivity contribution in [3.05, 3.63) is 29.8 Å². The normalized spacial score (nSPS) is 12.1. The molecule has 0 aliphatic rings. The molecule has 0 spiro atoms. The molecule has 0 aromatic heterocycles. The zero-order valence-corrected chi connectivity index (χ0v) is 11.1. The lowest BCUT2D eigenvalue weighted by Gasteiger charge is -2.19. The Labute approximate surface area is 109 Å². The van der Waals surface area contributed by atoms with Gasteiger partial charge in [0.2, 0.25) is 0 Å². The van der Waals surface area contributed by atoms with Crippen LogP contribution in [-0.4, -0.2) is 12.1 Å². The van der Waals surface area contributed by atoms with Crippen LogP contribution >= 0.6 is 0 Å². The molecule has 1 rings (SSSR count). The summed E-state index contributed by atoms with van der Waals surface area (Å²) in [7, 11) is 0. The molecule has 18 heavy (non-hydrogen) atoms. The summed E-state index contributed by atoms with van der Waals surface area (Å²) < 4.78 is 5.83. The van der Waals surface area contributed by atoms with Gasteiger partial charge in [-0.15, -0.1) is 0 Å². The van der Waals surface area contributed by atoms with Gasteiger partial charge in [0.05, 0.1) is 6.10 Å². The van der Waals surface area contributed by atoms with Crippen LogP contribution < -0.4 is 4.74 Å². The van der Waals surface area contributed by atoms with Crippen molar-refractivity contribution in [1.29, 1.82) is 0 Å². The number of hydrogen-bond acceptors (Lipinski definition) is 2. The highest BCUT2D eigenvalue weighted by molar-refractivity contribution is 5.90. The zero-order valence-electron chi connectivity index (χ0n) is 11.1. The highest BCUT2D eigenvalue weighted by Crippen LogP contribution is 2.22. The zero-order chi connectivity index (χ0) is 13.4. The molecule has 0 bridgehead atoms. The molecule has 0 saturated carbocycles. The van der Waals surface area contributed by atoms with Gasteiger partial charge in [0.25, 0.3) is 0 Å². The number of unbranched alkanes of at least 4 members (excludes halogenated alkanes) is 1. The number of rotatable bonds is 8. The summed E-state index contributed by atoms with van der Waals surface area (Å²) in [5.41, 5.74) is 0.134. The first-order chi connectivity index (χ1) is 8.69. The number of para-hydroxylation sites is 1. The topological polar surface area (TPSA) is 46.2 Å². The van der Waals surface area contributed by atoms with Gasteiger partial charge in [-0.3, -0.25) is 0 Å². The van der Waals surface area contributed by atoms with Crippen molar-refractivity contribution in [2.75, 3.05) is 0 Å². The first kappa shape index (κ1) is 14.6. The summed E-state index contributed by atoms with van der Waals surface area (Å²) in [5, 5.41) is 11.0. The van der Waals surface area contributed by atoms with E-state index in [0.29, 0.717) is 5.75 Å². The van der Waals surface area contributed by atoms with Crippen LogP contribution in [0.25, 0.3) is 0 Å². The van der Waals surface area contributed by atoms with Crippen molar-refractivity contribution in [2.45, 2.75) is 52.1 Å². The van der Waals surface area contributed by atoms with Crippen molar-refractivity contribution in [1.82, 2.24) is 0 Å². The summed E-state index contributed by atoms with van der Waals surface area (Å²) >= 11 is 0. The van der Waals surface area contributed by atoms with Crippen LogP contribution in [-0.2, 0) is 5.11 Å². The lowest BCUT2D eigenvalue weighted by atomic mass is 10.1. The summed E-state index contributed by atoms with van der Waals surface area (Å²) in [6.45, 7) is 4.24. The standard InChI is InChI=1S/C15H21O3/c1-3-5-9-12(8-4-2)18-14-11-7-6-10-13(14)15(16)17/h6-7,10-12H,3-5,8-9H2,1-2H3. The van der Waals surface area contributed by atoms with E-state index in [1.165, 1.54) is 6.07 Å². The van der Waals surface area contributed by atoms with Crippen LogP contribution in [0.15, 0.2) is 24.3 Å². The predicted octanol–water partition coefficient (Wildman–Crippen LogP) is 4.00. The monoisotopic (exact) mass is 249 g/mol.